The molecule has 1 aromatic carbocycles. The molecule has 86 valence electrons. The zero-order valence-corrected chi connectivity index (χ0v) is 9.24. The third-order valence-electron chi connectivity index (χ3n) is 4.09. The molecule has 3 N–H and O–H groups in total. The zero-order valence-electron chi connectivity index (χ0n) is 9.24. The summed E-state index contributed by atoms with van der Waals surface area (Å²) in [6.07, 6.45) is 3.26. The fourth-order valence-electron chi connectivity index (χ4n) is 3.20. The van der Waals surface area contributed by atoms with E-state index < -0.39 is 0 Å². The van der Waals surface area contributed by atoms with Gasteiger partial charge >= 0.3 is 0 Å². The van der Waals surface area contributed by atoms with Crippen LogP contribution in [0.25, 0.3) is 0 Å². The van der Waals surface area contributed by atoms with Gasteiger partial charge in [0.25, 0.3) is 0 Å². The molecular weight excluding hydrogens is 202 g/mol. The summed E-state index contributed by atoms with van der Waals surface area (Å²) in [6.45, 7) is 2.11. The Labute approximate surface area is 95.1 Å². The van der Waals surface area contributed by atoms with Gasteiger partial charge in [0.2, 0.25) is 0 Å². The molecule has 1 heterocycles. The fourth-order valence-corrected chi connectivity index (χ4v) is 3.20. The number of rotatable bonds is 0. The second kappa shape index (κ2) is 3.67. The number of hydrogen-bond acceptors (Lipinski definition) is 3. The summed E-state index contributed by atoms with van der Waals surface area (Å²) in [5.74, 6) is 1.38. The number of fused-ring (bicyclic) bond motifs is 3. The number of phenolic OH excluding ortho intramolecular Hbond substituents is 2. The van der Waals surface area contributed by atoms with Crippen molar-refractivity contribution in [2.75, 3.05) is 13.1 Å². The summed E-state index contributed by atoms with van der Waals surface area (Å²) in [5.41, 5.74) is 2.20. The first-order chi connectivity index (χ1) is 7.77. The number of benzene rings is 1. The van der Waals surface area contributed by atoms with E-state index in [0.717, 1.165) is 37.4 Å². The van der Waals surface area contributed by atoms with Crippen LogP contribution in [0.1, 0.15) is 29.9 Å². The first-order valence-electron chi connectivity index (χ1n) is 6.02. The van der Waals surface area contributed by atoms with E-state index in [1.807, 2.05) is 6.07 Å². The van der Waals surface area contributed by atoms with Gasteiger partial charge in [-0.1, -0.05) is 6.07 Å². The first kappa shape index (κ1) is 9.97. The van der Waals surface area contributed by atoms with Crippen LogP contribution in [-0.2, 0) is 6.42 Å². The molecule has 0 unspecified atom stereocenters. The zero-order chi connectivity index (χ0) is 11.1. The predicted molar refractivity (Wildman–Crippen MR) is 61.8 cm³/mol. The monoisotopic (exact) mass is 219 g/mol. The molecule has 1 aliphatic carbocycles. The van der Waals surface area contributed by atoms with E-state index in [1.165, 1.54) is 12.0 Å². The molecule has 0 bridgehead atoms. The maximum Gasteiger partial charge on any atom is 0.160 e. The molecule has 3 nitrogen and oxygen atoms in total. The predicted octanol–water partition coefficient (Wildman–Crippen LogP) is 1.74. The third kappa shape index (κ3) is 1.39. The van der Waals surface area contributed by atoms with Crippen LogP contribution in [0.4, 0.5) is 0 Å². The number of aromatic hydroxyl groups is 2. The highest BCUT2D eigenvalue weighted by atomic mass is 16.3. The maximum absolute atomic E-state index is 9.86. The van der Waals surface area contributed by atoms with Crippen molar-refractivity contribution >= 4 is 0 Å². The molecule has 2 atom stereocenters. The van der Waals surface area contributed by atoms with Crippen LogP contribution in [0.15, 0.2) is 12.1 Å². The largest absolute Gasteiger partial charge is 0.504 e. The fraction of sp³-hybridized carbons (Fsp3) is 0.538. The molecule has 3 rings (SSSR count). The van der Waals surface area contributed by atoms with Crippen molar-refractivity contribution in [3.8, 4) is 11.5 Å². The summed E-state index contributed by atoms with van der Waals surface area (Å²) >= 11 is 0. The molecule has 3 heteroatoms. The summed E-state index contributed by atoms with van der Waals surface area (Å²) in [4.78, 5) is 0. The minimum atomic E-state index is 0.0148. The second-order valence-electron chi connectivity index (χ2n) is 4.90. The lowest BCUT2D eigenvalue weighted by Crippen LogP contribution is -2.37. The van der Waals surface area contributed by atoms with Crippen LogP contribution >= 0.6 is 0 Å². The van der Waals surface area contributed by atoms with Crippen LogP contribution in [-0.4, -0.2) is 23.3 Å². The molecule has 0 saturated carbocycles. The van der Waals surface area contributed by atoms with Crippen LogP contribution < -0.4 is 5.32 Å². The Morgan fingerprint density at radius 3 is 2.94 bits per heavy atom. The van der Waals surface area contributed by atoms with Gasteiger partial charge in [0, 0.05) is 12.1 Å². The number of hydrogen-bond donors (Lipinski definition) is 3. The third-order valence-corrected chi connectivity index (χ3v) is 4.09. The van der Waals surface area contributed by atoms with Gasteiger partial charge in [0.1, 0.15) is 0 Å². The van der Waals surface area contributed by atoms with E-state index in [2.05, 4.69) is 5.32 Å². The quantitative estimate of drug-likeness (QED) is 0.582. The number of nitrogens with one attached hydrogen (secondary N) is 1. The minimum Gasteiger partial charge on any atom is -0.504 e. The van der Waals surface area contributed by atoms with E-state index in [1.54, 1.807) is 6.07 Å². The van der Waals surface area contributed by atoms with Crippen molar-refractivity contribution in [2.45, 2.75) is 25.2 Å². The van der Waals surface area contributed by atoms with Gasteiger partial charge in [-0.3, -0.25) is 0 Å². The standard InChI is InChI=1S/C13H17NO2/c15-12-4-3-9-10(13(12)16)2-1-8-5-6-14-7-11(8)9/h3-4,8,11,14-16H,1-2,5-7H2/t8-,11+/m0/s1. The van der Waals surface area contributed by atoms with Gasteiger partial charge in [-0.25, -0.2) is 0 Å². The lowest BCUT2D eigenvalue weighted by atomic mass is 9.72. The molecule has 1 aromatic rings. The first-order valence-corrected chi connectivity index (χ1v) is 6.02. The average molecular weight is 219 g/mol. The van der Waals surface area contributed by atoms with Gasteiger partial charge in [-0.2, -0.15) is 0 Å². The van der Waals surface area contributed by atoms with Gasteiger partial charge in [0.15, 0.2) is 11.5 Å². The smallest absolute Gasteiger partial charge is 0.160 e. The second-order valence-corrected chi connectivity index (χ2v) is 4.90. The van der Waals surface area contributed by atoms with Crippen molar-refractivity contribution in [1.29, 1.82) is 0 Å². The highest BCUT2D eigenvalue weighted by Crippen LogP contribution is 2.44. The van der Waals surface area contributed by atoms with E-state index in [9.17, 15) is 10.2 Å². The van der Waals surface area contributed by atoms with Crippen LogP contribution in [0.2, 0.25) is 0 Å². The van der Waals surface area contributed by atoms with Crippen molar-refractivity contribution in [3.05, 3.63) is 23.3 Å². The van der Waals surface area contributed by atoms with Crippen LogP contribution in [0.3, 0.4) is 0 Å². The molecule has 2 aliphatic rings. The Morgan fingerprint density at radius 1 is 1.19 bits per heavy atom. The molecule has 16 heavy (non-hydrogen) atoms. The number of piperidine rings is 1. The van der Waals surface area contributed by atoms with Crippen LogP contribution in [0.5, 0.6) is 11.5 Å². The van der Waals surface area contributed by atoms with Crippen molar-refractivity contribution in [3.63, 3.8) is 0 Å². The summed E-state index contributed by atoms with van der Waals surface area (Å²) in [7, 11) is 0. The Morgan fingerprint density at radius 2 is 2.06 bits per heavy atom. The molecule has 0 radical (unpaired) electrons. The normalized spacial score (nSPS) is 28.2. The lowest BCUT2D eigenvalue weighted by molar-refractivity contribution is 0.286. The Hall–Kier alpha value is -1.22. The maximum atomic E-state index is 9.86. The molecule has 1 fully saturated rings. The highest BCUT2D eigenvalue weighted by Gasteiger charge is 2.33. The lowest BCUT2D eigenvalue weighted by Gasteiger charge is -2.37. The minimum absolute atomic E-state index is 0.0148. The highest BCUT2D eigenvalue weighted by molar-refractivity contribution is 5.51. The topological polar surface area (TPSA) is 52.5 Å². The molecule has 0 aromatic heterocycles. The molecule has 1 saturated heterocycles. The van der Waals surface area contributed by atoms with Gasteiger partial charge in [0.05, 0.1) is 0 Å². The summed E-state index contributed by atoms with van der Waals surface area (Å²) in [5, 5.41) is 22.8. The van der Waals surface area contributed by atoms with E-state index in [0.29, 0.717) is 5.92 Å². The van der Waals surface area contributed by atoms with Gasteiger partial charge in [-0.15, -0.1) is 0 Å². The molecule has 0 amide bonds. The molecular formula is C13H17NO2. The summed E-state index contributed by atoms with van der Waals surface area (Å²) < 4.78 is 0. The van der Waals surface area contributed by atoms with Crippen LogP contribution in [0, 0.1) is 5.92 Å². The van der Waals surface area contributed by atoms with Crippen molar-refractivity contribution < 1.29 is 10.2 Å². The number of phenols is 2. The van der Waals surface area contributed by atoms with Gasteiger partial charge in [-0.05, 0) is 49.3 Å². The molecule has 0 spiro atoms. The van der Waals surface area contributed by atoms with Crippen molar-refractivity contribution in [2.24, 2.45) is 5.92 Å². The Bertz CT molecular complexity index is 417. The van der Waals surface area contributed by atoms with Gasteiger partial charge < -0.3 is 15.5 Å². The van der Waals surface area contributed by atoms with Crippen molar-refractivity contribution in [1.82, 2.24) is 5.32 Å². The Kier molecular flexibility index (Phi) is 2.28. The van der Waals surface area contributed by atoms with E-state index in [4.69, 9.17) is 0 Å². The summed E-state index contributed by atoms with van der Waals surface area (Å²) in [6, 6.07) is 3.60. The SMILES string of the molecule is Oc1ccc2c(c1O)CC[C@H]1CCNC[C@@H]21. The average Bonchev–Trinajstić information content (AvgIpc) is 2.33. The van der Waals surface area contributed by atoms with E-state index >= 15 is 0 Å². The van der Waals surface area contributed by atoms with E-state index in [-0.39, 0.29) is 11.5 Å². The Balaban J connectivity index is 2.05. The molecule has 1 aliphatic heterocycles.